The lowest BCUT2D eigenvalue weighted by Crippen LogP contribution is -2.66. The summed E-state index contributed by atoms with van der Waals surface area (Å²) in [7, 11) is 0.438. The summed E-state index contributed by atoms with van der Waals surface area (Å²) in [5.74, 6) is -1.77. The molecule has 1 aliphatic heterocycles. The fourth-order valence-electron chi connectivity index (χ4n) is 2.51. The average Bonchev–Trinajstić information content (AvgIpc) is 2.83. The van der Waals surface area contributed by atoms with E-state index in [1.54, 1.807) is 30.3 Å². The number of benzene rings is 1. The van der Waals surface area contributed by atoms with Gasteiger partial charge in [-0.05, 0) is 12.6 Å². The van der Waals surface area contributed by atoms with Crippen LogP contribution in [0.25, 0.3) is 0 Å². The molecule has 0 aromatic heterocycles. The third-order valence-electron chi connectivity index (χ3n) is 3.91. The van der Waals surface area contributed by atoms with Crippen LogP contribution in [0.2, 0.25) is 0 Å². The molecule has 1 aromatic carbocycles. The predicted molar refractivity (Wildman–Crippen MR) is 77.1 cm³/mol. The first-order chi connectivity index (χ1) is 12.4. The molecular formula is C15H14F6N2O4. The maximum atomic E-state index is 13.1. The number of carbonyl (C=O) groups excluding carboxylic acids is 2. The van der Waals surface area contributed by atoms with Crippen molar-refractivity contribution >= 4 is 12.1 Å². The molecule has 0 aliphatic carbocycles. The quantitative estimate of drug-likeness (QED) is 0.622. The van der Waals surface area contributed by atoms with Crippen molar-refractivity contribution in [1.29, 1.82) is 0 Å². The van der Waals surface area contributed by atoms with Gasteiger partial charge in [0.25, 0.3) is 0 Å². The van der Waals surface area contributed by atoms with Crippen molar-refractivity contribution in [2.45, 2.75) is 30.7 Å². The van der Waals surface area contributed by atoms with Gasteiger partial charge in [-0.15, -0.1) is 0 Å². The first-order valence-corrected chi connectivity index (χ1v) is 7.44. The van der Waals surface area contributed by atoms with Crippen LogP contribution in [0, 0.1) is 0 Å². The maximum Gasteiger partial charge on any atom is 0.453 e. The number of carbonyl (C=O) groups is 2. The third kappa shape index (κ3) is 3.94. The van der Waals surface area contributed by atoms with E-state index >= 15 is 0 Å². The number of likely N-dealkylation sites (N-methyl/N-ethyl adjacent to an activating group) is 1. The van der Waals surface area contributed by atoms with Gasteiger partial charge in [-0.1, -0.05) is 30.3 Å². The first kappa shape index (κ1) is 20.8. The van der Waals surface area contributed by atoms with Gasteiger partial charge in [0.05, 0.1) is 0 Å². The Hall–Kier alpha value is -2.50. The van der Waals surface area contributed by atoms with Crippen LogP contribution in [0.15, 0.2) is 30.3 Å². The van der Waals surface area contributed by atoms with E-state index in [9.17, 15) is 35.9 Å². The Morgan fingerprint density at radius 2 is 1.74 bits per heavy atom. The minimum absolute atomic E-state index is 0.174. The molecular weight excluding hydrogens is 386 g/mol. The Kier molecular flexibility index (Phi) is 5.59. The zero-order chi connectivity index (χ0) is 20.5. The number of hydrogen-bond acceptors (Lipinski definition) is 5. The van der Waals surface area contributed by atoms with E-state index in [1.165, 1.54) is 0 Å². The van der Waals surface area contributed by atoms with E-state index in [2.05, 4.69) is 4.74 Å². The largest absolute Gasteiger partial charge is 0.453 e. The SMILES string of the molecule is CN1[C@@H](CNC(=O)OCc2ccccc2)C(=O)OC1(C(F)(F)F)C(F)(F)F. The van der Waals surface area contributed by atoms with Crippen molar-refractivity contribution in [3.63, 3.8) is 0 Å². The summed E-state index contributed by atoms with van der Waals surface area (Å²) in [6.45, 7) is -1.04. The monoisotopic (exact) mass is 400 g/mol. The molecule has 1 amide bonds. The smallest absolute Gasteiger partial charge is 0.445 e. The number of alkyl halides is 6. The van der Waals surface area contributed by atoms with E-state index in [0.29, 0.717) is 12.6 Å². The van der Waals surface area contributed by atoms with E-state index < -0.39 is 42.7 Å². The molecule has 1 heterocycles. The summed E-state index contributed by atoms with van der Waals surface area (Å²) in [5.41, 5.74) is -4.17. The number of cyclic esters (lactones) is 1. The highest BCUT2D eigenvalue weighted by Gasteiger charge is 2.81. The summed E-state index contributed by atoms with van der Waals surface area (Å²) in [5, 5.41) is 1.96. The highest BCUT2D eigenvalue weighted by molar-refractivity contribution is 5.80. The van der Waals surface area contributed by atoms with E-state index in [4.69, 9.17) is 4.74 Å². The number of esters is 1. The Morgan fingerprint density at radius 3 is 2.22 bits per heavy atom. The van der Waals surface area contributed by atoms with Crippen LogP contribution < -0.4 is 5.32 Å². The molecule has 1 N–H and O–H groups in total. The third-order valence-corrected chi connectivity index (χ3v) is 3.91. The van der Waals surface area contributed by atoms with Crippen LogP contribution in [0.1, 0.15) is 5.56 Å². The van der Waals surface area contributed by atoms with Crippen LogP contribution in [-0.4, -0.2) is 54.7 Å². The highest BCUT2D eigenvalue weighted by atomic mass is 19.4. The van der Waals surface area contributed by atoms with Gasteiger partial charge >= 0.3 is 30.1 Å². The fourth-order valence-corrected chi connectivity index (χ4v) is 2.51. The summed E-state index contributed by atoms with van der Waals surface area (Å²) < 4.78 is 86.9. The second-order valence-electron chi connectivity index (χ2n) is 5.63. The summed E-state index contributed by atoms with van der Waals surface area (Å²) in [6, 6.07) is 6.34. The van der Waals surface area contributed by atoms with Gasteiger partial charge in [0, 0.05) is 6.54 Å². The summed E-state index contributed by atoms with van der Waals surface area (Å²) in [4.78, 5) is 22.9. The molecule has 1 aromatic rings. The van der Waals surface area contributed by atoms with Gasteiger partial charge in [0.1, 0.15) is 12.6 Å². The molecule has 0 bridgehead atoms. The van der Waals surface area contributed by atoms with E-state index in [0.717, 1.165) is 0 Å². The number of halogens is 6. The van der Waals surface area contributed by atoms with Gasteiger partial charge in [-0.25, -0.2) is 9.69 Å². The van der Waals surface area contributed by atoms with Gasteiger partial charge < -0.3 is 14.8 Å². The fraction of sp³-hybridized carbons (Fsp3) is 0.467. The predicted octanol–water partition coefficient (Wildman–Crippen LogP) is 2.59. The molecule has 6 nitrogen and oxygen atoms in total. The Morgan fingerprint density at radius 1 is 1.19 bits per heavy atom. The van der Waals surface area contributed by atoms with Gasteiger partial charge in [-0.2, -0.15) is 26.3 Å². The van der Waals surface area contributed by atoms with Gasteiger partial charge in [-0.3, -0.25) is 4.79 Å². The molecule has 1 aliphatic rings. The number of hydrogen-bond donors (Lipinski definition) is 1. The van der Waals surface area contributed by atoms with Crippen LogP contribution in [0.5, 0.6) is 0 Å². The normalized spacial score (nSPS) is 20.3. The molecule has 12 heteroatoms. The number of alkyl carbamates (subject to hydrolysis) is 1. The summed E-state index contributed by atoms with van der Waals surface area (Å²) >= 11 is 0. The second-order valence-corrected chi connectivity index (χ2v) is 5.63. The number of amides is 1. The first-order valence-electron chi connectivity index (χ1n) is 7.44. The average molecular weight is 400 g/mol. The number of ether oxygens (including phenoxy) is 2. The van der Waals surface area contributed by atoms with Crippen molar-refractivity contribution in [1.82, 2.24) is 10.2 Å². The van der Waals surface area contributed by atoms with Crippen LogP contribution in [0.4, 0.5) is 31.1 Å². The Labute approximate surface area is 149 Å². The zero-order valence-corrected chi connectivity index (χ0v) is 13.7. The standard InChI is InChI=1S/C15H14F6N2O4/c1-23-10(7-22-12(25)26-8-9-5-3-2-4-6-9)11(24)27-13(23,14(16,17)18)15(19,20)21/h2-6,10H,7-8H2,1H3,(H,22,25)/t10-/m0/s1. The molecule has 0 radical (unpaired) electrons. The zero-order valence-electron chi connectivity index (χ0n) is 13.7. The molecule has 2 rings (SSSR count). The van der Waals surface area contributed by atoms with E-state index in [-0.39, 0.29) is 11.5 Å². The van der Waals surface area contributed by atoms with Crippen LogP contribution in [0.3, 0.4) is 0 Å². The molecule has 1 saturated heterocycles. The number of rotatable bonds is 4. The molecule has 1 fully saturated rings. The lowest BCUT2D eigenvalue weighted by atomic mass is 10.1. The van der Waals surface area contributed by atoms with Crippen LogP contribution >= 0.6 is 0 Å². The van der Waals surface area contributed by atoms with E-state index in [1.807, 2.05) is 5.32 Å². The van der Waals surface area contributed by atoms with Crippen molar-refractivity contribution in [2.75, 3.05) is 13.6 Å². The molecule has 0 saturated carbocycles. The maximum absolute atomic E-state index is 13.1. The molecule has 0 unspecified atom stereocenters. The molecule has 0 spiro atoms. The molecule has 1 atom stereocenters. The van der Waals surface area contributed by atoms with Crippen molar-refractivity contribution in [3.8, 4) is 0 Å². The van der Waals surface area contributed by atoms with Gasteiger partial charge in [0.2, 0.25) is 0 Å². The Bertz CT molecular complexity index is 678. The highest BCUT2D eigenvalue weighted by Crippen LogP contribution is 2.51. The minimum atomic E-state index is -5.93. The van der Waals surface area contributed by atoms with Crippen molar-refractivity contribution < 1.29 is 45.4 Å². The number of nitrogens with zero attached hydrogens (tertiary/aromatic N) is 1. The number of nitrogens with one attached hydrogen (secondary N) is 1. The van der Waals surface area contributed by atoms with Crippen LogP contribution in [-0.2, 0) is 20.9 Å². The van der Waals surface area contributed by atoms with Crippen molar-refractivity contribution in [2.24, 2.45) is 0 Å². The lowest BCUT2D eigenvalue weighted by molar-refractivity contribution is -0.398. The Balaban J connectivity index is 2.02. The summed E-state index contributed by atoms with van der Waals surface area (Å²) in [6.07, 6.45) is -13.0. The topological polar surface area (TPSA) is 67.9 Å². The molecule has 150 valence electrons. The van der Waals surface area contributed by atoms with Gasteiger partial charge in [0.15, 0.2) is 0 Å². The lowest BCUT2D eigenvalue weighted by Gasteiger charge is -2.37. The molecule has 27 heavy (non-hydrogen) atoms. The minimum Gasteiger partial charge on any atom is -0.445 e. The second kappa shape index (κ2) is 7.25. The van der Waals surface area contributed by atoms with Crippen molar-refractivity contribution in [3.05, 3.63) is 35.9 Å².